The molecule has 1 aromatic carbocycles. The van der Waals surface area contributed by atoms with E-state index in [-0.39, 0.29) is 0 Å². The van der Waals surface area contributed by atoms with Crippen molar-refractivity contribution in [1.82, 2.24) is 0 Å². The van der Waals surface area contributed by atoms with E-state index < -0.39 is 0 Å². The summed E-state index contributed by atoms with van der Waals surface area (Å²) < 4.78 is 5.34. The van der Waals surface area contributed by atoms with E-state index in [4.69, 9.17) is 4.74 Å². The predicted molar refractivity (Wildman–Crippen MR) is 61.3 cm³/mol. The lowest BCUT2D eigenvalue weighted by molar-refractivity contribution is 0.410. The second-order valence-electron chi connectivity index (χ2n) is 4.21. The number of hydrogen-bond acceptors (Lipinski definition) is 1. The van der Waals surface area contributed by atoms with E-state index in [9.17, 15) is 0 Å². The largest absolute Gasteiger partial charge is 0.496 e. The fourth-order valence-corrected chi connectivity index (χ4v) is 2.17. The molecule has 0 amide bonds. The van der Waals surface area contributed by atoms with Crippen LogP contribution in [0.2, 0.25) is 0 Å². The Morgan fingerprint density at radius 3 is 2.07 bits per heavy atom. The van der Waals surface area contributed by atoms with E-state index in [1.807, 2.05) is 0 Å². The summed E-state index contributed by atoms with van der Waals surface area (Å²) in [6, 6.07) is 2.14. The molecule has 0 atom stereocenters. The number of aryl methyl sites for hydroxylation is 1. The van der Waals surface area contributed by atoms with Crippen LogP contribution in [-0.2, 0) is 0 Å². The Balaban J connectivity index is 3.41. The first-order valence-corrected chi connectivity index (χ1v) is 5.13. The maximum absolute atomic E-state index is 5.34. The predicted octanol–water partition coefficient (Wildman–Crippen LogP) is 3.74. The maximum Gasteiger partial charge on any atom is 0.122 e. The zero-order valence-corrected chi connectivity index (χ0v) is 10.1. The van der Waals surface area contributed by atoms with Crippen LogP contribution in [0.1, 0.15) is 42.0 Å². The molecule has 1 rings (SSSR count). The molecule has 14 heavy (non-hydrogen) atoms. The molecule has 0 radical (unpaired) electrons. The fraction of sp³-hybridized carbons (Fsp3) is 0.538. The lowest BCUT2D eigenvalue weighted by atomic mass is 9.90. The SMILES string of the molecule is COc1cc(C)c(C(C)C)c(C)c1C. The fourth-order valence-electron chi connectivity index (χ4n) is 2.17. The van der Waals surface area contributed by atoms with Gasteiger partial charge in [0.2, 0.25) is 0 Å². The monoisotopic (exact) mass is 192 g/mol. The Labute approximate surface area is 87.1 Å². The van der Waals surface area contributed by atoms with Crippen molar-refractivity contribution in [2.45, 2.75) is 40.5 Å². The van der Waals surface area contributed by atoms with Crippen LogP contribution in [0.25, 0.3) is 0 Å². The van der Waals surface area contributed by atoms with Crippen LogP contribution in [0.3, 0.4) is 0 Å². The van der Waals surface area contributed by atoms with Gasteiger partial charge in [0.05, 0.1) is 7.11 Å². The first-order valence-electron chi connectivity index (χ1n) is 5.13. The molecule has 0 heterocycles. The minimum atomic E-state index is 0.583. The van der Waals surface area contributed by atoms with Crippen molar-refractivity contribution in [3.63, 3.8) is 0 Å². The third-order valence-electron chi connectivity index (χ3n) is 2.91. The topological polar surface area (TPSA) is 9.23 Å². The Kier molecular flexibility index (Phi) is 3.20. The number of methoxy groups -OCH3 is 1. The van der Waals surface area contributed by atoms with Crippen LogP contribution in [0.5, 0.6) is 5.75 Å². The molecule has 1 nitrogen and oxygen atoms in total. The van der Waals surface area contributed by atoms with Crippen LogP contribution in [0.4, 0.5) is 0 Å². The van der Waals surface area contributed by atoms with Crippen molar-refractivity contribution < 1.29 is 4.74 Å². The zero-order chi connectivity index (χ0) is 10.9. The lowest BCUT2D eigenvalue weighted by Gasteiger charge is -2.18. The molecular formula is C13H20O. The summed E-state index contributed by atoms with van der Waals surface area (Å²) in [7, 11) is 1.73. The third kappa shape index (κ3) is 1.77. The second-order valence-corrected chi connectivity index (χ2v) is 4.21. The molecule has 1 heteroatoms. The summed E-state index contributed by atoms with van der Waals surface area (Å²) in [6.07, 6.45) is 0. The van der Waals surface area contributed by atoms with E-state index in [0.29, 0.717) is 5.92 Å². The number of ether oxygens (including phenoxy) is 1. The second kappa shape index (κ2) is 4.04. The van der Waals surface area contributed by atoms with Gasteiger partial charge in [-0.1, -0.05) is 13.8 Å². The van der Waals surface area contributed by atoms with Crippen molar-refractivity contribution in [2.24, 2.45) is 0 Å². The first-order chi connectivity index (χ1) is 6.49. The van der Waals surface area contributed by atoms with Crippen molar-refractivity contribution in [2.75, 3.05) is 7.11 Å². The summed E-state index contributed by atoms with van der Waals surface area (Å²) in [5.41, 5.74) is 5.43. The number of hydrogen-bond donors (Lipinski definition) is 0. The van der Waals surface area contributed by atoms with Gasteiger partial charge >= 0.3 is 0 Å². The Morgan fingerprint density at radius 2 is 1.64 bits per heavy atom. The van der Waals surface area contributed by atoms with E-state index >= 15 is 0 Å². The number of rotatable bonds is 2. The van der Waals surface area contributed by atoms with Gasteiger partial charge in [0.25, 0.3) is 0 Å². The highest BCUT2D eigenvalue weighted by atomic mass is 16.5. The van der Waals surface area contributed by atoms with Gasteiger partial charge in [-0.2, -0.15) is 0 Å². The molecule has 0 aliphatic rings. The summed E-state index contributed by atoms with van der Waals surface area (Å²) >= 11 is 0. The minimum absolute atomic E-state index is 0.583. The van der Waals surface area contributed by atoms with Crippen LogP contribution in [-0.4, -0.2) is 7.11 Å². The average molecular weight is 192 g/mol. The standard InChI is InChI=1S/C13H20O/c1-8(2)13-9(3)7-12(14-6)10(4)11(13)5/h7-8H,1-6H3. The van der Waals surface area contributed by atoms with Crippen LogP contribution >= 0.6 is 0 Å². The van der Waals surface area contributed by atoms with E-state index in [1.54, 1.807) is 7.11 Å². The quantitative estimate of drug-likeness (QED) is 0.693. The van der Waals surface area contributed by atoms with Gasteiger partial charge < -0.3 is 4.74 Å². The van der Waals surface area contributed by atoms with Crippen molar-refractivity contribution in [1.29, 1.82) is 0 Å². The van der Waals surface area contributed by atoms with Gasteiger partial charge in [0.1, 0.15) is 5.75 Å². The molecule has 78 valence electrons. The summed E-state index contributed by atoms with van der Waals surface area (Å²) in [6.45, 7) is 10.9. The van der Waals surface area contributed by atoms with E-state index in [1.165, 1.54) is 22.3 Å². The van der Waals surface area contributed by atoms with Gasteiger partial charge in [-0.3, -0.25) is 0 Å². The van der Waals surface area contributed by atoms with Crippen LogP contribution < -0.4 is 4.74 Å². The molecule has 0 aromatic heterocycles. The molecule has 1 aromatic rings. The summed E-state index contributed by atoms with van der Waals surface area (Å²) in [5, 5.41) is 0. The molecule has 0 saturated carbocycles. The number of benzene rings is 1. The van der Waals surface area contributed by atoms with E-state index in [0.717, 1.165) is 5.75 Å². The van der Waals surface area contributed by atoms with Crippen molar-refractivity contribution in [3.8, 4) is 5.75 Å². The molecule has 0 aliphatic carbocycles. The van der Waals surface area contributed by atoms with Crippen molar-refractivity contribution >= 4 is 0 Å². The van der Waals surface area contributed by atoms with E-state index in [2.05, 4.69) is 40.7 Å². The molecule has 0 fully saturated rings. The van der Waals surface area contributed by atoms with Crippen molar-refractivity contribution in [3.05, 3.63) is 28.3 Å². The lowest BCUT2D eigenvalue weighted by Crippen LogP contribution is -2.01. The Hall–Kier alpha value is -0.980. The molecule has 0 aliphatic heterocycles. The van der Waals surface area contributed by atoms with Gasteiger partial charge in [-0.15, -0.1) is 0 Å². The van der Waals surface area contributed by atoms with Crippen LogP contribution in [0.15, 0.2) is 6.07 Å². The smallest absolute Gasteiger partial charge is 0.122 e. The highest BCUT2D eigenvalue weighted by Crippen LogP contribution is 2.31. The van der Waals surface area contributed by atoms with Gasteiger partial charge in [0, 0.05) is 0 Å². The Bertz CT molecular complexity index is 338. The van der Waals surface area contributed by atoms with Gasteiger partial charge in [-0.25, -0.2) is 0 Å². The molecule has 0 spiro atoms. The normalized spacial score (nSPS) is 10.8. The highest BCUT2D eigenvalue weighted by molar-refractivity contribution is 5.49. The summed E-state index contributed by atoms with van der Waals surface area (Å²) in [4.78, 5) is 0. The van der Waals surface area contributed by atoms with Gasteiger partial charge in [-0.05, 0) is 55.0 Å². The molecule has 0 saturated heterocycles. The highest BCUT2D eigenvalue weighted by Gasteiger charge is 2.12. The molecule has 0 unspecified atom stereocenters. The first kappa shape index (κ1) is 11.1. The van der Waals surface area contributed by atoms with Gasteiger partial charge in [0.15, 0.2) is 0 Å². The Morgan fingerprint density at radius 1 is 1.07 bits per heavy atom. The van der Waals surface area contributed by atoms with Crippen LogP contribution in [0, 0.1) is 20.8 Å². The summed E-state index contributed by atoms with van der Waals surface area (Å²) in [5.74, 6) is 1.59. The average Bonchev–Trinajstić information content (AvgIpc) is 2.10. The third-order valence-corrected chi connectivity index (χ3v) is 2.91. The molecule has 0 N–H and O–H groups in total. The maximum atomic E-state index is 5.34. The minimum Gasteiger partial charge on any atom is -0.496 e. The molecular weight excluding hydrogens is 172 g/mol. The molecule has 0 bridgehead atoms. The zero-order valence-electron chi connectivity index (χ0n) is 10.1.